The second-order valence-corrected chi connectivity index (χ2v) is 3.90. The van der Waals surface area contributed by atoms with Crippen LogP contribution in [0.4, 0.5) is 4.39 Å². The quantitative estimate of drug-likeness (QED) is 0.706. The molecule has 78 valence electrons. The molecule has 1 aliphatic rings. The van der Waals surface area contributed by atoms with Crippen LogP contribution in [0.3, 0.4) is 0 Å². The van der Waals surface area contributed by atoms with Gasteiger partial charge in [0.25, 0.3) is 0 Å². The summed E-state index contributed by atoms with van der Waals surface area (Å²) in [4.78, 5) is 2.45. The minimum atomic E-state index is -0.145. The van der Waals surface area contributed by atoms with Crippen LogP contribution in [0.15, 0.2) is 0 Å². The van der Waals surface area contributed by atoms with Crippen molar-refractivity contribution in [3.63, 3.8) is 0 Å². The molecule has 2 N–H and O–H groups in total. The Hall–Kier alpha value is -0.150. The third kappa shape index (κ3) is 4.05. The molecule has 0 radical (unpaired) electrons. The van der Waals surface area contributed by atoms with E-state index in [0.29, 0.717) is 5.92 Å². The average Bonchev–Trinajstić information content (AvgIpc) is 2.17. The van der Waals surface area contributed by atoms with Gasteiger partial charge in [0, 0.05) is 0 Å². The normalized spacial score (nSPS) is 20.8. The Kier molecular flexibility index (Phi) is 5.32. The Morgan fingerprint density at radius 2 is 2.00 bits per heavy atom. The number of nitrogens with two attached hydrogens (primary N) is 1. The van der Waals surface area contributed by atoms with E-state index in [1.54, 1.807) is 0 Å². The van der Waals surface area contributed by atoms with Gasteiger partial charge < -0.3 is 10.6 Å². The average molecular weight is 188 g/mol. The van der Waals surface area contributed by atoms with Gasteiger partial charge >= 0.3 is 0 Å². The van der Waals surface area contributed by atoms with Crippen LogP contribution in [0.5, 0.6) is 0 Å². The fourth-order valence-corrected chi connectivity index (χ4v) is 1.97. The van der Waals surface area contributed by atoms with Crippen LogP contribution in [0.1, 0.15) is 25.7 Å². The highest BCUT2D eigenvalue weighted by Gasteiger charge is 2.17. The lowest BCUT2D eigenvalue weighted by atomic mass is 9.94. The summed E-state index contributed by atoms with van der Waals surface area (Å²) >= 11 is 0. The van der Waals surface area contributed by atoms with Crippen LogP contribution < -0.4 is 5.73 Å². The second-order valence-electron chi connectivity index (χ2n) is 3.90. The van der Waals surface area contributed by atoms with Crippen molar-refractivity contribution < 1.29 is 4.39 Å². The predicted octanol–water partition coefficient (Wildman–Crippen LogP) is 1.41. The van der Waals surface area contributed by atoms with Gasteiger partial charge in [-0.15, -0.1) is 0 Å². The van der Waals surface area contributed by atoms with Crippen molar-refractivity contribution in [2.45, 2.75) is 25.7 Å². The van der Waals surface area contributed by atoms with Crippen LogP contribution >= 0.6 is 0 Å². The van der Waals surface area contributed by atoms with Gasteiger partial charge in [-0.05, 0) is 57.8 Å². The number of hydrogen-bond acceptors (Lipinski definition) is 2. The molecule has 0 aliphatic carbocycles. The molecule has 3 heteroatoms. The third-order valence-corrected chi connectivity index (χ3v) is 2.90. The Morgan fingerprint density at radius 1 is 1.31 bits per heavy atom. The predicted molar refractivity (Wildman–Crippen MR) is 53.4 cm³/mol. The number of halogens is 1. The lowest BCUT2D eigenvalue weighted by Gasteiger charge is -2.31. The molecular weight excluding hydrogens is 167 g/mol. The minimum absolute atomic E-state index is 0.145. The molecule has 1 heterocycles. The molecule has 1 rings (SSSR count). The summed E-state index contributed by atoms with van der Waals surface area (Å²) in [5, 5.41) is 0. The van der Waals surface area contributed by atoms with Crippen molar-refractivity contribution in [3.8, 4) is 0 Å². The number of likely N-dealkylation sites (tertiary alicyclic amines) is 1. The first-order valence-electron chi connectivity index (χ1n) is 5.35. The molecule has 1 fully saturated rings. The van der Waals surface area contributed by atoms with E-state index < -0.39 is 0 Å². The fraction of sp³-hybridized carbons (Fsp3) is 1.00. The third-order valence-electron chi connectivity index (χ3n) is 2.90. The SMILES string of the molecule is NCCCN1CCC(CCF)CC1. The monoisotopic (exact) mass is 188 g/mol. The molecule has 1 saturated heterocycles. The van der Waals surface area contributed by atoms with E-state index in [9.17, 15) is 4.39 Å². The zero-order valence-electron chi connectivity index (χ0n) is 8.34. The first-order valence-corrected chi connectivity index (χ1v) is 5.35. The lowest BCUT2D eigenvalue weighted by molar-refractivity contribution is 0.172. The van der Waals surface area contributed by atoms with Crippen molar-refractivity contribution in [3.05, 3.63) is 0 Å². The summed E-state index contributed by atoms with van der Waals surface area (Å²) in [6.45, 7) is 4.05. The van der Waals surface area contributed by atoms with Crippen molar-refractivity contribution in [2.24, 2.45) is 11.7 Å². The largest absolute Gasteiger partial charge is 0.330 e. The van der Waals surface area contributed by atoms with E-state index in [1.165, 1.54) is 12.8 Å². The molecule has 0 amide bonds. The maximum atomic E-state index is 12.0. The van der Waals surface area contributed by atoms with Crippen molar-refractivity contribution in [2.75, 3.05) is 32.9 Å². The van der Waals surface area contributed by atoms with Crippen LogP contribution in [0, 0.1) is 5.92 Å². The van der Waals surface area contributed by atoms with Crippen molar-refractivity contribution >= 4 is 0 Å². The molecule has 1 aliphatic heterocycles. The van der Waals surface area contributed by atoms with Gasteiger partial charge in [-0.25, -0.2) is 0 Å². The Morgan fingerprint density at radius 3 is 2.54 bits per heavy atom. The Bertz CT molecular complexity index is 122. The number of rotatable bonds is 5. The first-order chi connectivity index (χ1) is 6.36. The highest BCUT2D eigenvalue weighted by molar-refractivity contribution is 4.71. The molecule has 0 aromatic heterocycles. The number of piperidine rings is 1. The van der Waals surface area contributed by atoms with Crippen molar-refractivity contribution in [1.29, 1.82) is 0 Å². The van der Waals surface area contributed by atoms with Gasteiger partial charge in [0.2, 0.25) is 0 Å². The van der Waals surface area contributed by atoms with Crippen molar-refractivity contribution in [1.82, 2.24) is 4.90 Å². The van der Waals surface area contributed by atoms with E-state index in [4.69, 9.17) is 5.73 Å². The molecule has 0 aromatic carbocycles. The molecule has 0 aromatic rings. The molecule has 0 bridgehead atoms. The Balaban J connectivity index is 2.08. The standard InChI is InChI=1S/C10H21FN2/c11-5-2-10-3-8-13(9-4-10)7-1-6-12/h10H,1-9,12H2. The Labute approximate surface area is 80.3 Å². The van der Waals surface area contributed by atoms with Gasteiger partial charge in [-0.1, -0.05) is 0 Å². The maximum Gasteiger partial charge on any atom is 0.0897 e. The van der Waals surface area contributed by atoms with Gasteiger partial charge in [0.15, 0.2) is 0 Å². The molecule has 0 atom stereocenters. The molecule has 0 spiro atoms. The summed E-state index contributed by atoms with van der Waals surface area (Å²) in [6, 6.07) is 0. The zero-order chi connectivity index (χ0) is 9.52. The first kappa shape index (κ1) is 10.9. The number of alkyl halides is 1. The summed E-state index contributed by atoms with van der Waals surface area (Å²) in [6.07, 6.45) is 4.21. The zero-order valence-corrected chi connectivity index (χ0v) is 8.34. The van der Waals surface area contributed by atoms with Gasteiger partial charge in [0.1, 0.15) is 0 Å². The van der Waals surface area contributed by atoms with Crippen LogP contribution in [0.25, 0.3) is 0 Å². The van der Waals surface area contributed by atoms with E-state index >= 15 is 0 Å². The highest BCUT2D eigenvalue weighted by atomic mass is 19.1. The van der Waals surface area contributed by atoms with Crippen LogP contribution in [0.2, 0.25) is 0 Å². The fourth-order valence-electron chi connectivity index (χ4n) is 1.97. The molecule has 13 heavy (non-hydrogen) atoms. The van der Waals surface area contributed by atoms with E-state index in [0.717, 1.165) is 39.0 Å². The minimum Gasteiger partial charge on any atom is -0.330 e. The number of nitrogens with zero attached hydrogens (tertiary/aromatic N) is 1. The lowest BCUT2D eigenvalue weighted by Crippen LogP contribution is -2.35. The highest BCUT2D eigenvalue weighted by Crippen LogP contribution is 2.20. The summed E-state index contributed by atoms with van der Waals surface area (Å²) < 4.78 is 12.0. The van der Waals surface area contributed by atoms with E-state index in [-0.39, 0.29) is 6.67 Å². The topological polar surface area (TPSA) is 29.3 Å². The summed E-state index contributed by atoms with van der Waals surface area (Å²) in [7, 11) is 0. The van der Waals surface area contributed by atoms with Crippen LogP contribution in [-0.2, 0) is 0 Å². The maximum absolute atomic E-state index is 12.0. The molecule has 0 saturated carbocycles. The summed E-state index contributed by atoms with van der Waals surface area (Å²) in [5.41, 5.74) is 5.44. The smallest absolute Gasteiger partial charge is 0.0897 e. The molecule has 0 unspecified atom stereocenters. The van der Waals surface area contributed by atoms with Gasteiger partial charge in [0.05, 0.1) is 6.67 Å². The van der Waals surface area contributed by atoms with Gasteiger partial charge in [-0.3, -0.25) is 4.39 Å². The van der Waals surface area contributed by atoms with E-state index in [2.05, 4.69) is 4.90 Å². The summed E-state index contributed by atoms with van der Waals surface area (Å²) in [5.74, 6) is 0.638. The van der Waals surface area contributed by atoms with Crippen LogP contribution in [-0.4, -0.2) is 37.8 Å². The molecule has 2 nitrogen and oxygen atoms in total. The molecular formula is C10H21FN2. The number of hydrogen-bond donors (Lipinski definition) is 1. The van der Waals surface area contributed by atoms with E-state index in [1.807, 2.05) is 0 Å². The van der Waals surface area contributed by atoms with Gasteiger partial charge in [-0.2, -0.15) is 0 Å². The second kappa shape index (κ2) is 6.33.